The van der Waals surface area contributed by atoms with Crippen LogP contribution in [0.25, 0.3) is 0 Å². The van der Waals surface area contributed by atoms with E-state index in [-0.39, 0.29) is 12.0 Å². The van der Waals surface area contributed by atoms with Gasteiger partial charge in [-0.05, 0) is 30.8 Å². The van der Waals surface area contributed by atoms with Crippen LogP contribution in [0.1, 0.15) is 6.92 Å². The molecule has 2 aromatic rings. The van der Waals surface area contributed by atoms with Crippen LogP contribution in [0.15, 0.2) is 84.2 Å². The highest BCUT2D eigenvalue weighted by atomic mass is 31.1. The van der Waals surface area contributed by atoms with Gasteiger partial charge in [-0.25, -0.2) is 0 Å². The average Bonchev–Trinajstić information content (AvgIpc) is 2.99. The molecule has 1 unspecified atom stereocenters. The lowest BCUT2D eigenvalue weighted by Crippen LogP contribution is -2.21. The van der Waals surface area contributed by atoms with Crippen molar-refractivity contribution in [2.24, 2.45) is 5.92 Å². The second-order valence-corrected chi connectivity index (χ2v) is 7.47. The Balaban J connectivity index is 2.06. The second-order valence-electron chi connectivity index (χ2n) is 5.25. The predicted molar refractivity (Wildman–Crippen MR) is 91.5 cm³/mol. The maximum absolute atomic E-state index is 10.1. The van der Waals surface area contributed by atoms with E-state index in [1.165, 1.54) is 15.9 Å². The summed E-state index contributed by atoms with van der Waals surface area (Å²) >= 11 is 0. The molecular formula is C19H19OP. The van der Waals surface area contributed by atoms with Crippen molar-refractivity contribution in [1.82, 2.24) is 0 Å². The highest BCUT2D eigenvalue weighted by molar-refractivity contribution is 7.76. The monoisotopic (exact) mass is 294 g/mol. The molecule has 21 heavy (non-hydrogen) atoms. The van der Waals surface area contributed by atoms with Crippen LogP contribution in [0.2, 0.25) is 0 Å². The lowest BCUT2D eigenvalue weighted by molar-refractivity contribution is 0.168. The number of allylic oxidation sites excluding steroid dienone is 2. The summed E-state index contributed by atoms with van der Waals surface area (Å²) in [6, 6.07) is 21.2. The van der Waals surface area contributed by atoms with Gasteiger partial charge in [-0.2, -0.15) is 0 Å². The molecule has 2 aromatic carbocycles. The minimum Gasteiger partial charge on any atom is -0.392 e. The number of hydrogen-bond donors (Lipinski definition) is 1. The molecule has 2 atom stereocenters. The van der Waals surface area contributed by atoms with E-state index in [0.29, 0.717) is 0 Å². The summed E-state index contributed by atoms with van der Waals surface area (Å²) in [6.45, 7) is 1.87. The summed E-state index contributed by atoms with van der Waals surface area (Å²) in [5.41, 5.74) is 0. The minimum atomic E-state index is -0.585. The van der Waals surface area contributed by atoms with Gasteiger partial charge in [-0.1, -0.05) is 78.9 Å². The summed E-state index contributed by atoms with van der Waals surface area (Å²) in [5, 5.41) is 14.1. The normalized spacial score (nSPS) is 18.8. The third-order valence-electron chi connectivity index (χ3n) is 3.73. The molecule has 0 radical (unpaired) electrons. The van der Waals surface area contributed by atoms with Crippen LogP contribution in [0.3, 0.4) is 0 Å². The molecule has 0 bridgehead atoms. The zero-order chi connectivity index (χ0) is 14.7. The van der Waals surface area contributed by atoms with Crippen molar-refractivity contribution in [1.29, 1.82) is 0 Å². The van der Waals surface area contributed by atoms with Crippen molar-refractivity contribution in [2.45, 2.75) is 13.0 Å². The van der Waals surface area contributed by atoms with Gasteiger partial charge >= 0.3 is 0 Å². The Labute approximate surface area is 127 Å². The van der Waals surface area contributed by atoms with Gasteiger partial charge in [-0.3, -0.25) is 0 Å². The number of aliphatic hydroxyl groups excluding tert-OH is 1. The number of rotatable bonds is 4. The smallest absolute Gasteiger partial charge is 0.0615 e. The van der Waals surface area contributed by atoms with E-state index in [4.69, 9.17) is 0 Å². The van der Waals surface area contributed by atoms with Gasteiger partial charge in [0.1, 0.15) is 0 Å². The Kier molecular flexibility index (Phi) is 4.34. The molecule has 0 spiro atoms. The molecule has 0 amide bonds. The SMILES string of the molecule is C[C@@H](O)C1C=CC=C1P(c1ccccc1)c1ccccc1. The largest absolute Gasteiger partial charge is 0.392 e. The first-order valence-electron chi connectivity index (χ1n) is 7.24. The molecule has 1 aliphatic rings. The Morgan fingerprint density at radius 1 is 0.905 bits per heavy atom. The summed E-state index contributed by atoms with van der Waals surface area (Å²) in [4.78, 5) is 0. The van der Waals surface area contributed by atoms with Crippen LogP contribution in [-0.2, 0) is 0 Å². The molecule has 106 valence electrons. The molecule has 0 aliphatic heterocycles. The molecule has 1 aliphatic carbocycles. The fraction of sp³-hybridized carbons (Fsp3) is 0.158. The lowest BCUT2D eigenvalue weighted by atomic mass is 10.1. The molecule has 0 aromatic heterocycles. The molecule has 0 saturated heterocycles. The topological polar surface area (TPSA) is 20.2 Å². The molecule has 0 fully saturated rings. The van der Waals surface area contributed by atoms with Crippen molar-refractivity contribution in [3.63, 3.8) is 0 Å². The third kappa shape index (κ3) is 3.00. The van der Waals surface area contributed by atoms with Crippen LogP contribution in [-0.4, -0.2) is 11.2 Å². The molecule has 1 N–H and O–H groups in total. The van der Waals surface area contributed by atoms with E-state index in [0.717, 1.165) is 0 Å². The molecule has 3 rings (SSSR count). The Morgan fingerprint density at radius 2 is 1.43 bits per heavy atom. The first-order valence-corrected chi connectivity index (χ1v) is 8.58. The summed E-state index contributed by atoms with van der Waals surface area (Å²) in [7, 11) is -0.585. The lowest BCUT2D eigenvalue weighted by Gasteiger charge is -2.26. The standard InChI is InChI=1S/C19H19OP/c1-15(20)18-13-8-14-19(18)21(16-9-4-2-5-10-16)17-11-6-3-7-12-17/h2-15,18,20H,1H3/t15-,18?/m1/s1. The van der Waals surface area contributed by atoms with Gasteiger partial charge in [0.05, 0.1) is 6.10 Å². The van der Waals surface area contributed by atoms with E-state index < -0.39 is 7.92 Å². The molecule has 0 heterocycles. The minimum absolute atomic E-state index is 0.122. The number of hydrogen-bond acceptors (Lipinski definition) is 1. The van der Waals surface area contributed by atoms with Gasteiger partial charge < -0.3 is 5.11 Å². The zero-order valence-electron chi connectivity index (χ0n) is 12.1. The summed E-state index contributed by atoms with van der Waals surface area (Å²) in [5.74, 6) is 0.122. The Bertz CT molecular complexity index is 604. The summed E-state index contributed by atoms with van der Waals surface area (Å²) in [6.07, 6.45) is 6.02. The maximum Gasteiger partial charge on any atom is 0.0615 e. The highest BCUT2D eigenvalue weighted by Gasteiger charge is 2.28. The van der Waals surface area contributed by atoms with Crippen molar-refractivity contribution < 1.29 is 5.11 Å². The van der Waals surface area contributed by atoms with Crippen molar-refractivity contribution >= 4 is 18.5 Å². The van der Waals surface area contributed by atoms with Crippen LogP contribution in [0.5, 0.6) is 0 Å². The van der Waals surface area contributed by atoms with Crippen LogP contribution < -0.4 is 10.6 Å². The van der Waals surface area contributed by atoms with E-state index in [1.807, 2.05) is 6.92 Å². The quantitative estimate of drug-likeness (QED) is 0.855. The van der Waals surface area contributed by atoms with E-state index in [9.17, 15) is 5.11 Å². The van der Waals surface area contributed by atoms with E-state index in [2.05, 4.69) is 78.9 Å². The molecular weight excluding hydrogens is 275 g/mol. The van der Waals surface area contributed by atoms with E-state index >= 15 is 0 Å². The van der Waals surface area contributed by atoms with Gasteiger partial charge in [0, 0.05) is 5.92 Å². The first-order chi connectivity index (χ1) is 10.3. The predicted octanol–water partition coefficient (Wildman–Crippen LogP) is 3.57. The first kappa shape index (κ1) is 14.3. The number of benzene rings is 2. The van der Waals surface area contributed by atoms with Gasteiger partial charge in [0.2, 0.25) is 0 Å². The Morgan fingerprint density at radius 3 is 1.90 bits per heavy atom. The zero-order valence-corrected chi connectivity index (χ0v) is 12.9. The third-order valence-corrected chi connectivity index (χ3v) is 6.33. The fourth-order valence-electron chi connectivity index (χ4n) is 2.72. The van der Waals surface area contributed by atoms with Crippen molar-refractivity contribution in [2.75, 3.05) is 0 Å². The van der Waals surface area contributed by atoms with Crippen molar-refractivity contribution in [3.8, 4) is 0 Å². The van der Waals surface area contributed by atoms with Gasteiger partial charge in [0.15, 0.2) is 0 Å². The second kappa shape index (κ2) is 6.39. The number of aliphatic hydroxyl groups is 1. The maximum atomic E-state index is 10.1. The van der Waals surface area contributed by atoms with Crippen molar-refractivity contribution in [3.05, 3.63) is 84.2 Å². The molecule has 0 saturated carbocycles. The molecule has 2 heteroatoms. The highest BCUT2D eigenvalue weighted by Crippen LogP contribution is 2.49. The average molecular weight is 294 g/mol. The molecule has 1 nitrogen and oxygen atoms in total. The van der Waals surface area contributed by atoms with Gasteiger partial charge in [-0.15, -0.1) is 0 Å². The van der Waals surface area contributed by atoms with Crippen LogP contribution in [0, 0.1) is 5.92 Å². The summed E-state index contributed by atoms with van der Waals surface area (Å²) < 4.78 is 0. The van der Waals surface area contributed by atoms with E-state index in [1.54, 1.807) is 0 Å². The van der Waals surface area contributed by atoms with Gasteiger partial charge in [0.25, 0.3) is 0 Å². The van der Waals surface area contributed by atoms with Crippen LogP contribution >= 0.6 is 7.92 Å². The van der Waals surface area contributed by atoms with Crippen LogP contribution in [0.4, 0.5) is 0 Å². The Hall–Kier alpha value is -1.69. The fourth-order valence-corrected chi connectivity index (χ4v) is 5.39.